The molecule has 0 aliphatic heterocycles. The molecule has 1 heterocycles. The smallest absolute Gasteiger partial charge is 0.0883 e. The largest absolute Gasteiger partial charge is 0.254 e. The van der Waals surface area contributed by atoms with Gasteiger partial charge in [-0.3, -0.25) is 9.97 Å². The Kier molecular flexibility index (Phi) is 11.4. The van der Waals surface area contributed by atoms with Gasteiger partial charge >= 0.3 is 0 Å². The van der Waals surface area contributed by atoms with Crippen LogP contribution in [0.5, 0.6) is 0 Å². The molecule has 0 aromatic carbocycles. The Morgan fingerprint density at radius 1 is 1.13 bits per heavy atom. The highest BCUT2D eigenvalue weighted by Gasteiger charge is 1.82. The van der Waals surface area contributed by atoms with Gasteiger partial charge in [-0.05, 0) is 13.0 Å². The van der Waals surface area contributed by atoms with E-state index in [4.69, 9.17) is 0 Å². The number of aromatic nitrogens is 2. The Balaban J connectivity index is 0. The van der Waals surface area contributed by atoms with Gasteiger partial charge in [0.15, 0.2) is 0 Å². The fourth-order valence-corrected chi connectivity index (χ4v) is 0.732. The Bertz CT molecular complexity index is 366. The fraction of sp³-hybridized carbons (Fsp3) is 0.385. The Hall–Kier alpha value is -1.44. The topological polar surface area (TPSA) is 25.8 Å². The van der Waals surface area contributed by atoms with Gasteiger partial charge in [-0.15, -0.1) is 0 Å². The van der Waals surface area contributed by atoms with Gasteiger partial charge in [0.25, 0.3) is 0 Å². The summed E-state index contributed by atoms with van der Waals surface area (Å²) in [7, 11) is 0. The normalized spacial score (nSPS) is 9.27. The van der Waals surface area contributed by atoms with E-state index in [0.29, 0.717) is 5.35 Å². The van der Waals surface area contributed by atoms with Crippen LogP contribution in [0.3, 0.4) is 0 Å². The lowest BCUT2D eigenvalue weighted by atomic mass is 10.3. The first-order valence-corrected chi connectivity index (χ1v) is 5.33. The molecule has 0 unspecified atom stereocenters. The monoisotopic (exact) mass is 206 g/mol. The van der Waals surface area contributed by atoms with E-state index in [2.05, 4.69) is 23.1 Å². The van der Waals surface area contributed by atoms with Crippen molar-refractivity contribution in [1.29, 1.82) is 0 Å². The maximum absolute atomic E-state index is 4.08. The molecule has 0 aliphatic carbocycles. The molecule has 0 bridgehead atoms. The van der Waals surface area contributed by atoms with E-state index >= 15 is 0 Å². The van der Waals surface area contributed by atoms with Crippen LogP contribution in [0.15, 0.2) is 24.5 Å². The molecule has 2 heteroatoms. The first-order chi connectivity index (χ1) is 7.20. The predicted molar refractivity (Wildman–Crippen MR) is 68.8 cm³/mol. The van der Waals surface area contributed by atoms with Crippen LogP contribution in [-0.4, -0.2) is 9.97 Å². The van der Waals surface area contributed by atoms with E-state index in [1.54, 1.807) is 12.4 Å². The minimum Gasteiger partial charge on any atom is -0.254 e. The van der Waals surface area contributed by atoms with E-state index in [1.165, 1.54) is 0 Å². The summed E-state index contributed by atoms with van der Waals surface area (Å²) in [5, 5.41) is 1.48. The zero-order valence-corrected chi connectivity index (χ0v) is 10.5. The molecule has 1 aromatic heterocycles. The van der Waals surface area contributed by atoms with Crippen molar-refractivity contribution in [3.05, 3.63) is 35.2 Å². The number of nitrogens with zero attached hydrogens (tertiary/aromatic N) is 2. The van der Waals surface area contributed by atoms with Crippen molar-refractivity contribution < 1.29 is 0 Å². The van der Waals surface area contributed by atoms with Crippen molar-refractivity contribution in [3.63, 3.8) is 0 Å². The molecule has 84 valence electrons. The molecule has 0 aliphatic rings. The summed E-state index contributed by atoms with van der Waals surface area (Å²) in [6.07, 6.45) is 5.12. The third kappa shape index (κ3) is 7.62. The highest BCUT2D eigenvalue weighted by Crippen LogP contribution is 1.83. The molecule has 0 fully saturated rings. The van der Waals surface area contributed by atoms with Gasteiger partial charge in [0.2, 0.25) is 0 Å². The lowest BCUT2D eigenvalue weighted by Crippen LogP contribution is -2.29. The number of rotatable bonds is 1. The molecular weight excluding hydrogens is 184 g/mol. The summed E-state index contributed by atoms with van der Waals surface area (Å²) in [5.41, 5.74) is 0.954. The van der Waals surface area contributed by atoms with Gasteiger partial charge in [0.1, 0.15) is 0 Å². The van der Waals surface area contributed by atoms with Crippen LogP contribution in [0, 0.1) is 0 Å². The summed E-state index contributed by atoms with van der Waals surface area (Å²) < 4.78 is 0. The molecule has 0 atom stereocenters. The highest BCUT2D eigenvalue weighted by atomic mass is 14.7. The molecule has 0 N–H and O–H groups in total. The number of hydrogen-bond acceptors (Lipinski definition) is 2. The molecule has 0 saturated heterocycles. The number of allylic oxidation sites excluding steroid dienone is 1. The van der Waals surface area contributed by atoms with Crippen molar-refractivity contribution >= 4 is 12.7 Å². The van der Waals surface area contributed by atoms with Crippen molar-refractivity contribution in [2.75, 3.05) is 0 Å². The summed E-state index contributed by atoms with van der Waals surface area (Å²) in [5.74, 6) is 0. The molecule has 0 amide bonds. The van der Waals surface area contributed by atoms with Crippen molar-refractivity contribution in [2.24, 2.45) is 0 Å². The molecule has 0 saturated carbocycles. The maximum Gasteiger partial charge on any atom is 0.0883 e. The van der Waals surface area contributed by atoms with Crippen LogP contribution in [0.1, 0.15) is 34.6 Å². The molecule has 2 nitrogen and oxygen atoms in total. The molecule has 0 spiro atoms. The van der Waals surface area contributed by atoms with Crippen molar-refractivity contribution in [2.45, 2.75) is 34.6 Å². The van der Waals surface area contributed by atoms with Gasteiger partial charge in [-0.2, -0.15) is 0 Å². The van der Waals surface area contributed by atoms with Crippen molar-refractivity contribution in [3.8, 4) is 0 Å². The minimum absolute atomic E-state index is 0.690. The van der Waals surface area contributed by atoms with Crippen molar-refractivity contribution in [1.82, 2.24) is 9.97 Å². The van der Waals surface area contributed by atoms with Gasteiger partial charge in [-0.1, -0.05) is 46.4 Å². The Morgan fingerprint density at radius 3 is 2.00 bits per heavy atom. The van der Waals surface area contributed by atoms with E-state index in [1.807, 2.05) is 40.7 Å². The summed E-state index contributed by atoms with van der Waals surface area (Å²) in [6, 6.07) is 0. The zero-order valence-electron chi connectivity index (χ0n) is 10.5. The Labute approximate surface area is 93.1 Å². The third-order valence-electron chi connectivity index (χ3n) is 1.19. The molecule has 1 rings (SSSR count). The standard InChI is InChI=1S/C9H10N2.2C2H6/c1-7(2)6-9-8(3)10-4-5-11-9;2*1-2/h4-6H,1,3H2,2H3;2*1-2H3/b9-6+;;. The average molecular weight is 206 g/mol. The Morgan fingerprint density at radius 2 is 1.60 bits per heavy atom. The zero-order chi connectivity index (χ0) is 12.3. The van der Waals surface area contributed by atoms with Crippen LogP contribution < -0.4 is 10.7 Å². The van der Waals surface area contributed by atoms with Crippen LogP contribution in [0.25, 0.3) is 12.7 Å². The first-order valence-electron chi connectivity index (χ1n) is 5.33. The third-order valence-corrected chi connectivity index (χ3v) is 1.19. The van der Waals surface area contributed by atoms with Gasteiger partial charge in [-0.25, -0.2) is 0 Å². The summed E-state index contributed by atoms with van der Waals surface area (Å²) in [4.78, 5) is 8.06. The lowest BCUT2D eigenvalue weighted by molar-refractivity contribution is 1.10. The van der Waals surface area contributed by atoms with E-state index in [0.717, 1.165) is 10.9 Å². The lowest BCUT2D eigenvalue weighted by Gasteiger charge is -1.86. The van der Waals surface area contributed by atoms with E-state index < -0.39 is 0 Å². The van der Waals surface area contributed by atoms with Gasteiger partial charge < -0.3 is 0 Å². The summed E-state index contributed by atoms with van der Waals surface area (Å²) >= 11 is 0. The second kappa shape index (κ2) is 10.6. The second-order valence-corrected chi connectivity index (χ2v) is 2.38. The van der Waals surface area contributed by atoms with E-state index in [9.17, 15) is 0 Å². The van der Waals surface area contributed by atoms with Crippen LogP contribution in [-0.2, 0) is 0 Å². The quantitative estimate of drug-likeness (QED) is 0.704. The van der Waals surface area contributed by atoms with Crippen LogP contribution >= 0.6 is 0 Å². The molecule has 15 heavy (non-hydrogen) atoms. The SMILES string of the molecule is C=C(C)/C=c1/nccnc1=C.CC.CC. The second-order valence-electron chi connectivity index (χ2n) is 2.38. The van der Waals surface area contributed by atoms with Gasteiger partial charge in [0, 0.05) is 12.4 Å². The highest BCUT2D eigenvalue weighted by molar-refractivity contribution is 5.40. The molecular formula is C13H22N2. The predicted octanol–water partition coefficient (Wildman–Crippen LogP) is 2.30. The number of hydrogen-bond donors (Lipinski definition) is 0. The van der Waals surface area contributed by atoms with Crippen LogP contribution in [0.2, 0.25) is 0 Å². The van der Waals surface area contributed by atoms with E-state index in [-0.39, 0.29) is 0 Å². The first kappa shape index (κ1) is 16.0. The average Bonchev–Trinajstić information content (AvgIpc) is 2.27. The maximum atomic E-state index is 4.08. The van der Waals surface area contributed by atoms with Gasteiger partial charge in [0.05, 0.1) is 10.7 Å². The van der Waals surface area contributed by atoms with Crippen LogP contribution in [0.4, 0.5) is 0 Å². The molecule has 1 aromatic rings. The fourth-order valence-electron chi connectivity index (χ4n) is 0.732. The summed E-state index contributed by atoms with van der Waals surface area (Å²) in [6.45, 7) is 17.4. The minimum atomic E-state index is 0.690. The molecule has 0 radical (unpaired) electrons.